The smallest absolute Gasteiger partial charge is 0.0178 e. The number of rotatable bonds is 5. The lowest BCUT2D eigenvalue weighted by atomic mass is 10.2. The maximum Gasteiger partial charge on any atom is 0.0178 e. The van der Waals surface area contributed by atoms with Crippen LogP contribution in [0.25, 0.3) is 0 Å². The van der Waals surface area contributed by atoms with Gasteiger partial charge in [0.15, 0.2) is 0 Å². The zero-order chi connectivity index (χ0) is 8.53. The van der Waals surface area contributed by atoms with E-state index in [1.165, 1.54) is 5.57 Å². The van der Waals surface area contributed by atoms with Crippen LogP contribution in [0.3, 0.4) is 0 Å². The van der Waals surface area contributed by atoms with Gasteiger partial charge in [0, 0.05) is 6.54 Å². The first-order valence-electron chi connectivity index (χ1n) is 3.94. The Morgan fingerprint density at radius 1 is 1.55 bits per heavy atom. The molecular weight excluding hydrogens is 134 g/mol. The first-order chi connectivity index (χ1) is 5.31. The van der Waals surface area contributed by atoms with Crippen molar-refractivity contribution in [1.82, 2.24) is 5.32 Å². The summed E-state index contributed by atoms with van der Waals surface area (Å²) in [4.78, 5) is 0. The second-order valence-electron chi connectivity index (χ2n) is 2.45. The van der Waals surface area contributed by atoms with E-state index in [2.05, 4.69) is 31.0 Å². The van der Waals surface area contributed by atoms with Gasteiger partial charge in [-0.3, -0.25) is 0 Å². The minimum absolute atomic E-state index is 0.976. The van der Waals surface area contributed by atoms with E-state index in [0.29, 0.717) is 0 Å². The van der Waals surface area contributed by atoms with Gasteiger partial charge in [-0.15, -0.1) is 0 Å². The molecule has 0 amide bonds. The molecule has 0 rings (SSSR count). The van der Waals surface area contributed by atoms with E-state index in [1.807, 2.05) is 13.0 Å². The summed E-state index contributed by atoms with van der Waals surface area (Å²) in [5.74, 6) is 0. The van der Waals surface area contributed by atoms with Gasteiger partial charge in [-0.05, 0) is 26.5 Å². The molecule has 62 valence electrons. The molecule has 0 atom stereocenters. The predicted molar refractivity (Wildman–Crippen MR) is 51.4 cm³/mol. The van der Waals surface area contributed by atoms with Crippen molar-refractivity contribution in [2.45, 2.75) is 20.3 Å². The van der Waals surface area contributed by atoms with E-state index in [1.54, 1.807) is 6.20 Å². The maximum absolute atomic E-state index is 3.58. The molecule has 0 aliphatic heterocycles. The molecule has 0 saturated heterocycles. The zero-order valence-corrected chi connectivity index (χ0v) is 7.43. The van der Waals surface area contributed by atoms with Crippen LogP contribution in [0.5, 0.6) is 0 Å². The molecule has 0 aromatic carbocycles. The lowest BCUT2D eigenvalue weighted by molar-refractivity contribution is 0.826. The molecule has 0 aliphatic carbocycles. The molecule has 0 radical (unpaired) electrons. The fourth-order valence-corrected chi connectivity index (χ4v) is 0.715. The quantitative estimate of drug-likeness (QED) is 0.470. The highest BCUT2D eigenvalue weighted by molar-refractivity contribution is 5.09. The molecule has 1 heteroatoms. The van der Waals surface area contributed by atoms with Crippen molar-refractivity contribution in [2.75, 3.05) is 6.54 Å². The molecule has 0 heterocycles. The first kappa shape index (κ1) is 10.0. The third-order valence-electron chi connectivity index (χ3n) is 1.38. The predicted octanol–water partition coefficient (Wildman–Crippen LogP) is 2.63. The van der Waals surface area contributed by atoms with Crippen molar-refractivity contribution in [1.29, 1.82) is 0 Å². The molecule has 0 aromatic rings. The molecule has 0 fully saturated rings. The van der Waals surface area contributed by atoms with Gasteiger partial charge >= 0.3 is 0 Å². The van der Waals surface area contributed by atoms with Gasteiger partial charge in [0.2, 0.25) is 0 Å². The first-order valence-corrected chi connectivity index (χ1v) is 3.94. The van der Waals surface area contributed by atoms with Gasteiger partial charge < -0.3 is 5.32 Å². The van der Waals surface area contributed by atoms with Crippen LogP contribution in [0.2, 0.25) is 0 Å². The summed E-state index contributed by atoms with van der Waals surface area (Å²) in [5, 5.41) is 3.05. The standard InChI is InChI=1S/C10H17N/c1-4-6-7-10(3)8-9-11-5-2/h4-7,11H,2,8-9H2,1,3H3/b6-4-,10-7+. The Bertz CT molecular complexity index is 154. The van der Waals surface area contributed by atoms with E-state index in [-0.39, 0.29) is 0 Å². The molecule has 0 aromatic heterocycles. The Hall–Kier alpha value is -0.980. The van der Waals surface area contributed by atoms with Crippen molar-refractivity contribution < 1.29 is 0 Å². The Labute approximate surface area is 69.5 Å². The van der Waals surface area contributed by atoms with Crippen LogP contribution in [0, 0.1) is 0 Å². The largest absolute Gasteiger partial charge is 0.391 e. The monoisotopic (exact) mass is 151 g/mol. The fourth-order valence-electron chi connectivity index (χ4n) is 0.715. The summed E-state index contributed by atoms with van der Waals surface area (Å²) in [6, 6.07) is 0. The Morgan fingerprint density at radius 2 is 2.27 bits per heavy atom. The number of nitrogens with one attached hydrogen (secondary N) is 1. The molecule has 0 unspecified atom stereocenters. The highest BCUT2D eigenvalue weighted by atomic mass is 14.8. The van der Waals surface area contributed by atoms with Crippen LogP contribution >= 0.6 is 0 Å². The molecular formula is C10H17N. The molecule has 0 aliphatic rings. The molecule has 1 nitrogen and oxygen atoms in total. The summed E-state index contributed by atoms with van der Waals surface area (Å²) < 4.78 is 0. The average molecular weight is 151 g/mol. The molecule has 11 heavy (non-hydrogen) atoms. The van der Waals surface area contributed by atoms with E-state index in [4.69, 9.17) is 0 Å². The number of allylic oxidation sites excluding steroid dienone is 3. The second kappa shape index (κ2) is 7.13. The molecule has 1 N–H and O–H groups in total. The summed E-state index contributed by atoms with van der Waals surface area (Å²) in [5.41, 5.74) is 1.39. The minimum Gasteiger partial charge on any atom is -0.391 e. The lowest BCUT2D eigenvalue weighted by Gasteiger charge is -1.99. The molecule has 0 saturated carbocycles. The maximum atomic E-state index is 3.58. The van der Waals surface area contributed by atoms with Crippen LogP contribution in [-0.2, 0) is 0 Å². The number of hydrogen-bond donors (Lipinski definition) is 1. The minimum atomic E-state index is 0.976. The highest BCUT2D eigenvalue weighted by Crippen LogP contribution is 1.97. The second-order valence-corrected chi connectivity index (χ2v) is 2.45. The normalized spacial score (nSPS) is 12.0. The Morgan fingerprint density at radius 3 is 2.82 bits per heavy atom. The van der Waals surface area contributed by atoms with Crippen LogP contribution in [0.1, 0.15) is 20.3 Å². The fraction of sp³-hybridized carbons (Fsp3) is 0.400. The van der Waals surface area contributed by atoms with Crippen molar-refractivity contribution in [3.63, 3.8) is 0 Å². The van der Waals surface area contributed by atoms with E-state index in [9.17, 15) is 0 Å². The van der Waals surface area contributed by atoms with E-state index < -0.39 is 0 Å². The summed E-state index contributed by atoms with van der Waals surface area (Å²) in [6.07, 6.45) is 9.03. The van der Waals surface area contributed by atoms with Gasteiger partial charge in [0.1, 0.15) is 0 Å². The van der Waals surface area contributed by atoms with Crippen molar-refractivity contribution in [3.05, 3.63) is 36.6 Å². The molecule has 0 spiro atoms. The van der Waals surface area contributed by atoms with Crippen molar-refractivity contribution in [2.24, 2.45) is 0 Å². The van der Waals surface area contributed by atoms with E-state index >= 15 is 0 Å². The van der Waals surface area contributed by atoms with Crippen LogP contribution in [0.15, 0.2) is 36.6 Å². The van der Waals surface area contributed by atoms with Crippen molar-refractivity contribution >= 4 is 0 Å². The topological polar surface area (TPSA) is 12.0 Å². The number of hydrogen-bond acceptors (Lipinski definition) is 1. The van der Waals surface area contributed by atoms with Gasteiger partial charge in [-0.25, -0.2) is 0 Å². The third kappa shape index (κ3) is 6.91. The third-order valence-corrected chi connectivity index (χ3v) is 1.38. The van der Waals surface area contributed by atoms with Gasteiger partial charge in [0.25, 0.3) is 0 Å². The van der Waals surface area contributed by atoms with Crippen molar-refractivity contribution in [3.8, 4) is 0 Å². The van der Waals surface area contributed by atoms with Crippen LogP contribution < -0.4 is 5.32 Å². The van der Waals surface area contributed by atoms with Gasteiger partial charge in [-0.1, -0.05) is 30.4 Å². The average Bonchev–Trinajstić information content (AvgIpc) is 2.01. The summed E-state index contributed by atoms with van der Waals surface area (Å²) >= 11 is 0. The SMILES string of the molecule is C=CNCC/C(C)=C/C=C\C. The molecule has 0 bridgehead atoms. The lowest BCUT2D eigenvalue weighted by Crippen LogP contribution is -2.05. The van der Waals surface area contributed by atoms with Crippen LogP contribution in [-0.4, -0.2) is 6.54 Å². The van der Waals surface area contributed by atoms with Gasteiger partial charge in [0.05, 0.1) is 0 Å². The Kier molecular flexibility index (Phi) is 6.50. The van der Waals surface area contributed by atoms with Crippen LogP contribution in [0.4, 0.5) is 0 Å². The zero-order valence-electron chi connectivity index (χ0n) is 7.43. The van der Waals surface area contributed by atoms with E-state index in [0.717, 1.165) is 13.0 Å². The summed E-state index contributed by atoms with van der Waals surface area (Å²) in [7, 11) is 0. The van der Waals surface area contributed by atoms with Gasteiger partial charge in [-0.2, -0.15) is 0 Å². The Balaban J connectivity index is 3.50. The summed E-state index contributed by atoms with van der Waals surface area (Å²) in [6.45, 7) is 8.70. The highest BCUT2D eigenvalue weighted by Gasteiger charge is 1.84.